The van der Waals surface area contributed by atoms with Gasteiger partial charge in [0.2, 0.25) is 11.5 Å². The number of methoxy groups -OCH3 is 1. The minimum absolute atomic E-state index is 0.0679. The number of hydrogen-bond acceptors (Lipinski definition) is 8. The van der Waals surface area contributed by atoms with Crippen molar-refractivity contribution in [2.45, 2.75) is 27.3 Å². The third kappa shape index (κ3) is 5.31. The molecule has 0 N–H and O–H groups in total. The second-order valence-electron chi connectivity index (χ2n) is 7.42. The van der Waals surface area contributed by atoms with Crippen molar-refractivity contribution in [3.8, 4) is 11.4 Å². The standard InChI is InChI=1S/C23H26N4O7/c1-5-33-23(29)22-21(13-26(24-22)17-6-8-18(9-7-17)27(30)31)34-14-20(28)19-12-15(2)25(16(19)3)10-11-32-4/h6-9,12-13H,5,10-11,14H2,1-4H3. The molecule has 0 fully saturated rings. The molecule has 0 saturated carbocycles. The summed E-state index contributed by atoms with van der Waals surface area (Å²) in [5, 5.41) is 15.1. The predicted octanol–water partition coefficient (Wildman–Crippen LogP) is 3.28. The number of carbonyl (C=O) groups excluding carboxylic acids is 2. The van der Waals surface area contributed by atoms with Gasteiger partial charge >= 0.3 is 5.97 Å². The summed E-state index contributed by atoms with van der Waals surface area (Å²) in [5.74, 6) is -0.892. The molecule has 0 aliphatic carbocycles. The Bertz CT molecular complexity index is 1190. The molecule has 0 spiro atoms. The van der Waals surface area contributed by atoms with E-state index >= 15 is 0 Å². The Kier molecular flexibility index (Phi) is 7.79. The van der Waals surface area contributed by atoms with E-state index in [1.165, 1.54) is 35.1 Å². The lowest BCUT2D eigenvalue weighted by Gasteiger charge is -2.09. The number of ether oxygens (including phenoxy) is 3. The lowest BCUT2D eigenvalue weighted by atomic mass is 10.1. The summed E-state index contributed by atoms with van der Waals surface area (Å²) in [5.41, 5.74) is 2.55. The molecule has 0 atom stereocenters. The monoisotopic (exact) mass is 470 g/mol. The number of nitro benzene ring substituents is 1. The molecule has 180 valence electrons. The Labute approximate surface area is 196 Å². The number of esters is 1. The minimum Gasteiger partial charge on any atom is -0.481 e. The van der Waals surface area contributed by atoms with Gasteiger partial charge < -0.3 is 18.8 Å². The molecule has 11 nitrogen and oxygen atoms in total. The van der Waals surface area contributed by atoms with Crippen molar-refractivity contribution in [3.63, 3.8) is 0 Å². The van der Waals surface area contributed by atoms with Gasteiger partial charge in [-0.1, -0.05) is 0 Å². The van der Waals surface area contributed by atoms with Crippen LogP contribution in [0, 0.1) is 24.0 Å². The summed E-state index contributed by atoms with van der Waals surface area (Å²) < 4.78 is 19.2. The molecule has 0 aliphatic rings. The van der Waals surface area contributed by atoms with E-state index in [0.29, 0.717) is 24.4 Å². The fourth-order valence-electron chi connectivity index (χ4n) is 3.50. The van der Waals surface area contributed by atoms with E-state index in [0.717, 1.165) is 11.4 Å². The summed E-state index contributed by atoms with van der Waals surface area (Å²) in [7, 11) is 1.62. The lowest BCUT2D eigenvalue weighted by Crippen LogP contribution is -2.15. The Balaban J connectivity index is 1.83. The van der Waals surface area contributed by atoms with Crippen LogP contribution in [0.15, 0.2) is 36.5 Å². The van der Waals surface area contributed by atoms with Crippen LogP contribution in [0.1, 0.15) is 39.2 Å². The first-order chi connectivity index (χ1) is 16.3. The fraction of sp³-hybridized carbons (Fsp3) is 0.348. The largest absolute Gasteiger partial charge is 0.481 e. The number of non-ortho nitro benzene ring substituents is 1. The van der Waals surface area contributed by atoms with Crippen molar-refractivity contribution < 1.29 is 28.7 Å². The number of nitro groups is 1. The van der Waals surface area contributed by atoms with E-state index in [2.05, 4.69) is 5.10 Å². The normalized spacial score (nSPS) is 10.8. The SMILES string of the molecule is CCOC(=O)c1nn(-c2ccc([N+](=O)[O-])cc2)cc1OCC(=O)c1cc(C)n(CCOC)c1C. The number of rotatable bonds is 11. The van der Waals surface area contributed by atoms with Crippen molar-refractivity contribution in [2.75, 3.05) is 26.9 Å². The molecule has 1 aromatic carbocycles. The molecule has 0 amide bonds. The van der Waals surface area contributed by atoms with Crippen LogP contribution in [-0.4, -0.2) is 58.0 Å². The number of ketones is 1. The maximum atomic E-state index is 12.9. The Morgan fingerprint density at radius 1 is 1.18 bits per heavy atom. The highest BCUT2D eigenvalue weighted by atomic mass is 16.6. The van der Waals surface area contributed by atoms with E-state index < -0.39 is 10.9 Å². The number of carbonyl (C=O) groups is 2. The number of aromatic nitrogens is 3. The van der Waals surface area contributed by atoms with Gasteiger partial charge in [0.05, 0.1) is 30.0 Å². The van der Waals surface area contributed by atoms with Gasteiger partial charge in [-0.15, -0.1) is 0 Å². The number of nitrogens with zero attached hydrogens (tertiary/aromatic N) is 4. The van der Waals surface area contributed by atoms with Gasteiger partial charge in [0, 0.05) is 42.7 Å². The van der Waals surface area contributed by atoms with E-state index in [-0.39, 0.29) is 36.1 Å². The van der Waals surface area contributed by atoms with Gasteiger partial charge in [-0.25, -0.2) is 9.48 Å². The first kappa shape index (κ1) is 24.6. The third-order valence-corrected chi connectivity index (χ3v) is 5.23. The number of aryl methyl sites for hydroxylation is 1. The van der Waals surface area contributed by atoms with E-state index in [1.54, 1.807) is 20.1 Å². The summed E-state index contributed by atoms with van der Waals surface area (Å²) >= 11 is 0. The maximum absolute atomic E-state index is 12.9. The Morgan fingerprint density at radius 3 is 2.50 bits per heavy atom. The van der Waals surface area contributed by atoms with Gasteiger partial charge in [-0.05, 0) is 39.0 Å². The number of benzene rings is 1. The van der Waals surface area contributed by atoms with Crippen LogP contribution in [0.5, 0.6) is 5.75 Å². The second-order valence-corrected chi connectivity index (χ2v) is 7.42. The molecule has 2 aromatic heterocycles. The highest BCUT2D eigenvalue weighted by molar-refractivity contribution is 5.99. The molecule has 0 saturated heterocycles. The first-order valence-corrected chi connectivity index (χ1v) is 10.6. The highest BCUT2D eigenvalue weighted by Gasteiger charge is 2.23. The van der Waals surface area contributed by atoms with Gasteiger partial charge in [0.15, 0.2) is 12.4 Å². The van der Waals surface area contributed by atoms with Crippen LogP contribution in [0.4, 0.5) is 5.69 Å². The Hall–Kier alpha value is -3.99. The third-order valence-electron chi connectivity index (χ3n) is 5.23. The van der Waals surface area contributed by atoms with Crippen LogP contribution in [-0.2, 0) is 16.0 Å². The van der Waals surface area contributed by atoms with Gasteiger partial charge in [0.1, 0.15) is 0 Å². The molecule has 2 heterocycles. The van der Waals surface area contributed by atoms with Gasteiger partial charge in [-0.3, -0.25) is 14.9 Å². The zero-order valence-electron chi connectivity index (χ0n) is 19.4. The summed E-state index contributed by atoms with van der Waals surface area (Å²) in [6, 6.07) is 7.42. The van der Waals surface area contributed by atoms with Crippen LogP contribution >= 0.6 is 0 Å². The average molecular weight is 470 g/mol. The Morgan fingerprint density at radius 2 is 1.88 bits per heavy atom. The molecule has 3 rings (SSSR count). The van der Waals surface area contributed by atoms with Crippen LogP contribution < -0.4 is 4.74 Å². The summed E-state index contributed by atoms with van der Waals surface area (Å²) in [6.07, 6.45) is 1.43. The van der Waals surface area contributed by atoms with Crippen LogP contribution in [0.2, 0.25) is 0 Å². The zero-order chi connectivity index (χ0) is 24.8. The van der Waals surface area contributed by atoms with Crippen molar-refractivity contribution in [2.24, 2.45) is 0 Å². The quantitative estimate of drug-likeness (QED) is 0.181. The predicted molar refractivity (Wildman–Crippen MR) is 122 cm³/mol. The molecule has 11 heteroatoms. The zero-order valence-corrected chi connectivity index (χ0v) is 19.4. The first-order valence-electron chi connectivity index (χ1n) is 10.6. The van der Waals surface area contributed by atoms with Crippen molar-refractivity contribution in [1.82, 2.24) is 14.3 Å². The molecular weight excluding hydrogens is 444 g/mol. The molecule has 0 bridgehead atoms. The van der Waals surface area contributed by atoms with Crippen molar-refractivity contribution >= 4 is 17.4 Å². The molecular formula is C23H26N4O7. The van der Waals surface area contributed by atoms with Crippen molar-refractivity contribution in [1.29, 1.82) is 0 Å². The fourth-order valence-corrected chi connectivity index (χ4v) is 3.50. The molecule has 0 aliphatic heterocycles. The summed E-state index contributed by atoms with van der Waals surface area (Å²) in [4.78, 5) is 35.7. The van der Waals surface area contributed by atoms with Gasteiger partial charge in [0.25, 0.3) is 5.69 Å². The molecule has 3 aromatic rings. The average Bonchev–Trinajstić information content (AvgIpc) is 3.37. The number of Topliss-reactive ketones (excluding diaryl/α,β-unsaturated/α-hetero) is 1. The molecule has 34 heavy (non-hydrogen) atoms. The number of hydrogen-bond donors (Lipinski definition) is 0. The lowest BCUT2D eigenvalue weighted by molar-refractivity contribution is -0.384. The van der Waals surface area contributed by atoms with E-state index in [9.17, 15) is 19.7 Å². The minimum atomic E-state index is -0.705. The van der Waals surface area contributed by atoms with E-state index in [1.807, 2.05) is 18.4 Å². The molecule has 0 radical (unpaired) electrons. The van der Waals surface area contributed by atoms with Crippen LogP contribution in [0.3, 0.4) is 0 Å². The topological polar surface area (TPSA) is 128 Å². The van der Waals surface area contributed by atoms with Crippen molar-refractivity contribution in [3.05, 3.63) is 69.3 Å². The highest BCUT2D eigenvalue weighted by Crippen LogP contribution is 2.23. The second kappa shape index (κ2) is 10.8. The van der Waals surface area contributed by atoms with E-state index in [4.69, 9.17) is 14.2 Å². The maximum Gasteiger partial charge on any atom is 0.362 e. The van der Waals surface area contributed by atoms with Crippen LogP contribution in [0.25, 0.3) is 5.69 Å². The molecule has 0 unspecified atom stereocenters. The summed E-state index contributed by atoms with van der Waals surface area (Å²) in [6.45, 7) is 6.39. The van der Waals surface area contributed by atoms with Gasteiger partial charge in [-0.2, -0.15) is 5.10 Å². The smallest absolute Gasteiger partial charge is 0.362 e.